The van der Waals surface area contributed by atoms with Crippen molar-refractivity contribution in [3.63, 3.8) is 0 Å². The van der Waals surface area contributed by atoms with Crippen molar-refractivity contribution in [3.8, 4) is 5.75 Å². The molecular formula is C15H20N2OS. The van der Waals surface area contributed by atoms with Crippen molar-refractivity contribution in [1.82, 2.24) is 4.98 Å². The first-order valence-electron chi connectivity index (χ1n) is 6.58. The SMILES string of the molecule is CCCNc1ncc(COc2cccc(C)c2C)s1. The highest BCUT2D eigenvalue weighted by Gasteiger charge is 2.05. The number of thiazole rings is 1. The quantitative estimate of drug-likeness (QED) is 0.860. The molecule has 0 saturated carbocycles. The molecule has 4 heteroatoms. The zero-order valence-corrected chi connectivity index (χ0v) is 12.5. The number of anilines is 1. The van der Waals surface area contributed by atoms with Crippen LogP contribution in [0, 0.1) is 13.8 Å². The van der Waals surface area contributed by atoms with E-state index in [1.165, 1.54) is 11.1 Å². The Hall–Kier alpha value is -1.55. The molecule has 2 aromatic rings. The molecule has 3 nitrogen and oxygen atoms in total. The van der Waals surface area contributed by atoms with Crippen molar-refractivity contribution < 1.29 is 4.74 Å². The molecule has 1 heterocycles. The summed E-state index contributed by atoms with van der Waals surface area (Å²) in [6.45, 7) is 7.87. The molecule has 19 heavy (non-hydrogen) atoms. The van der Waals surface area contributed by atoms with Crippen molar-refractivity contribution in [2.75, 3.05) is 11.9 Å². The van der Waals surface area contributed by atoms with E-state index in [1.807, 2.05) is 18.3 Å². The number of aromatic nitrogens is 1. The topological polar surface area (TPSA) is 34.2 Å². The predicted octanol–water partition coefficient (Wildman–Crippen LogP) is 4.16. The Morgan fingerprint density at radius 2 is 2.16 bits per heavy atom. The standard InChI is InChI=1S/C15H20N2OS/c1-4-8-16-15-17-9-13(19-15)10-18-14-7-5-6-11(2)12(14)3/h5-7,9H,4,8,10H2,1-3H3,(H,16,17). The van der Waals surface area contributed by atoms with Gasteiger partial charge in [0, 0.05) is 12.7 Å². The molecule has 0 aliphatic heterocycles. The van der Waals surface area contributed by atoms with Crippen LogP contribution >= 0.6 is 11.3 Å². The molecule has 1 aromatic carbocycles. The summed E-state index contributed by atoms with van der Waals surface area (Å²) in [5.41, 5.74) is 2.46. The number of benzene rings is 1. The van der Waals surface area contributed by atoms with E-state index in [9.17, 15) is 0 Å². The lowest BCUT2D eigenvalue weighted by Crippen LogP contribution is -1.98. The molecule has 0 saturated heterocycles. The fraction of sp³-hybridized carbons (Fsp3) is 0.400. The van der Waals surface area contributed by atoms with Crippen LogP contribution in [0.1, 0.15) is 29.3 Å². The molecular weight excluding hydrogens is 256 g/mol. The second-order valence-corrected chi connectivity index (χ2v) is 5.66. The Balaban J connectivity index is 1.95. The van der Waals surface area contributed by atoms with E-state index in [1.54, 1.807) is 11.3 Å². The van der Waals surface area contributed by atoms with E-state index in [0.717, 1.165) is 28.7 Å². The van der Waals surface area contributed by atoms with Gasteiger partial charge < -0.3 is 10.1 Å². The van der Waals surface area contributed by atoms with Gasteiger partial charge in [-0.3, -0.25) is 0 Å². The van der Waals surface area contributed by atoms with Crippen LogP contribution < -0.4 is 10.1 Å². The van der Waals surface area contributed by atoms with Gasteiger partial charge in [-0.2, -0.15) is 0 Å². The number of nitrogens with one attached hydrogen (secondary N) is 1. The first-order valence-corrected chi connectivity index (χ1v) is 7.40. The second-order valence-electron chi connectivity index (χ2n) is 4.55. The number of aryl methyl sites for hydroxylation is 1. The molecule has 0 atom stereocenters. The maximum absolute atomic E-state index is 5.86. The van der Waals surface area contributed by atoms with Crippen molar-refractivity contribution in [3.05, 3.63) is 40.4 Å². The summed E-state index contributed by atoms with van der Waals surface area (Å²) in [4.78, 5) is 5.47. The molecule has 102 valence electrons. The van der Waals surface area contributed by atoms with Gasteiger partial charge in [-0.05, 0) is 37.5 Å². The smallest absolute Gasteiger partial charge is 0.182 e. The maximum Gasteiger partial charge on any atom is 0.182 e. The van der Waals surface area contributed by atoms with Crippen molar-refractivity contribution >= 4 is 16.5 Å². The Bertz CT molecular complexity index is 537. The first-order chi connectivity index (χ1) is 9.20. The Morgan fingerprint density at radius 1 is 1.32 bits per heavy atom. The first kappa shape index (κ1) is 13.9. The van der Waals surface area contributed by atoms with E-state index in [4.69, 9.17) is 4.74 Å². The molecule has 0 spiro atoms. The van der Waals surface area contributed by atoms with Gasteiger partial charge in [-0.1, -0.05) is 30.4 Å². The number of nitrogens with zero attached hydrogens (tertiary/aromatic N) is 1. The fourth-order valence-electron chi connectivity index (χ4n) is 1.72. The third-order valence-corrected chi connectivity index (χ3v) is 3.93. The van der Waals surface area contributed by atoms with Gasteiger partial charge in [0.2, 0.25) is 0 Å². The minimum absolute atomic E-state index is 0.579. The molecule has 2 rings (SSSR count). The zero-order chi connectivity index (χ0) is 13.7. The van der Waals surface area contributed by atoms with Crippen molar-refractivity contribution in [2.24, 2.45) is 0 Å². The number of hydrogen-bond acceptors (Lipinski definition) is 4. The summed E-state index contributed by atoms with van der Waals surface area (Å²) in [5.74, 6) is 0.955. The molecule has 1 aromatic heterocycles. The molecule has 0 bridgehead atoms. The molecule has 0 fully saturated rings. The van der Waals surface area contributed by atoms with Gasteiger partial charge in [0.25, 0.3) is 0 Å². The Kier molecular flexibility index (Phi) is 4.80. The van der Waals surface area contributed by atoms with Gasteiger partial charge in [0.15, 0.2) is 5.13 Å². The highest BCUT2D eigenvalue weighted by atomic mass is 32.1. The lowest BCUT2D eigenvalue weighted by Gasteiger charge is -2.09. The molecule has 0 aliphatic carbocycles. The second kappa shape index (κ2) is 6.57. The fourth-order valence-corrected chi connectivity index (χ4v) is 2.47. The Labute approximate surface area is 118 Å². The van der Waals surface area contributed by atoms with Gasteiger partial charge in [0.1, 0.15) is 12.4 Å². The normalized spacial score (nSPS) is 10.5. The van der Waals surface area contributed by atoms with Crippen LogP contribution in [0.25, 0.3) is 0 Å². The zero-order valence-electron chi connectivity index (χ0n) is 11.7. The summed E-state index contributed by atoms with van der Waals surface area (Å²) in [6.07, 6.45) is 2.99. The molecule has 0 aliphatic rings. The average Bonchev–Trinajstić information content (AvgIpc) is 2.86. The van der Waals surface area contributed by atoms with Gasteiger partial charge in [0.05, 0.1) is 4.88 Å². The lowest BCUT2D eigenvalue weighted by atomic mass is 10.1. The van der Waals surface area contributed by atoms with Crippen LogP contribution in [-0.2, 0) is 6.61 Å². The monoisotopic (exact) mass is 276 g/mol. The third-order valence-electron chi connectivity index (χ3n) is 3.00. The van der Waals surface area contributed by atoms with Crippen molar-refractivity contribution in [2.45, 2.75) is 33.8 Å². The van der Waals surface area contributed by atoms with E-state index in [0.29, 0.717) is 6.61 Å². The summed E-state index contributed by atoms with van der Waals surface area (Å²) in [7, 11) is 0. The number of rotatable bonds is 6. The van der Waals surface area contributed by atoms with E-state index < -0.39 is 0 Å². The molecule has 0 unspecified atom stereocenters. The predicted molar refractivity (Wildman–Crippen MR) is 81.1 cm³/mol. The minimum Gasteiger partial charge on any atom is -0.488 e. The van der Waals surface area contributed by atoms with Gasteiger partial charge in [-0.15, -0.1) is 0 Å². The summed E-state index contributed by atoms with van der Waals surface area (Å²) >= 11 is 1.65. The van der Waals surface area contributed by atoms with Crippen LogP contribution in [0.3, 0.4) is 0 Å². The third kappa shape index (κ3) is 3.70. The summed E-state index contributed by atoms with van der Waals surface area (Å²) in [5, 5.41) is 4.26. The lowest BCUT2D eigenvalue weighted by molar-refractivity contribution is 0.307. The largest absolute Gasteiger partial charge is 0.488 e. The minimum atomic E-state index is 0.579. The number of ether oxygens (including phenoxy) is 1. The summed E-state index contributed by atoms with van der Waals surface area (Å²) < 4.78 is 5.86. The van der Waals surface area contributed by atoms with E-state index >= 15 is 0 Å². The maximum atomic E-state index is 5.86. The van der Waals surface area contributed by atoms with Crippen LogP contribution in [0.4, 0.5) is 5.13 Å². The Morgan fingerprint density at radius 3 is 2.95 bits per heavy atom. The highest BCUT2D eigenvalue weighted by molar-refractivity contribution is 7.15. The van der Waals surface area contributed by atoms with Crippen LogP contribution in [0.15, 0.2) is 24.4 Å². The van der Waals surface area contributed by atoms with Gasteiger partial charge in [-0.25, -0.2) is 4.98 Å². The van der Waals surface area contributed by atoms with E-state index in [-0.39, 0.29) is 0 Å². The van der Waals surface area contributed by atoms with Crippen LogP contribution in [0.2, 0.25) is 0 Å². The van der Waals surface area contributed by atoms with E-state index in [2.05, 4.69) is 37.1 Å². The highest BCUT2D eigenvalue weighted by Crippen LogP contribution is 2.24. The summed E-state index contributed by atoms with van der Waals surface area (Å²) in [6, 6.07) is 6.14. The van der Waals surface area contributed by atoms with Crippen LogP contribution in [0.5, 0.6) is 5.75 Å². The van der Waals surface area contributed by atoms with Crippen LogP contribution in [-0.4, -0.2) is 11.5 Å². The molecule has 0 radical (unpaired) electrons. The van der Waals surface area contributed by atoms with Crippen molar-refractivity contribution in [1.29, 1.82) is 0 Å². The molecule has 0 amide bonds. The number of hydrogen-bond donors (Lipinski definition) is 1. The molecule has 1 N–H and O–H groups in total. The van der Waals surface area contributed by atoms with Gasteiger partial charge >= 0.3 is 0 Å². The average molecular weight is 276 g/mol.